The van der Waals surface area contributed by atoms with E-state index in [1.54, 1.807) is 11.8 Å². The van der Waals surface area contributed by atoms with Crippen LogP contribution >= 0.6 is 11.8 Å². The lowest BCUT2D eigenvalue weighted by atomic mass is 10.1. The van der Waals surface area contributed by atoms with E-state index in [-0.39, 0.29) is 0 Å². The van der Waals surface area contributed by atoms with Crippen molar-refractivity contribution in [3.63, 3.8) is 0 Å². The number of nitriles is 1. The molecule has 0 amide bonds. The van der Waals surface area contributed by atoms with Crippen molar-refractivity contribution in [1.82, 2.24) is 0 Å². The topological polar surface area (TPSA) is 49.8 Å². The van der Waals surface area contributed by atoms with Gasteiger partial charge >= 0.3 is 0 Å². The van der Waals surface area contributed by atoms with Crippen LogP contribution in [-0.2, 0) is 6.42 Å². The molecule has 0 saturated heterocycles. The Morgan fingerprint density at radius 3 is 2.72 bits per heavy atom. The summed E-state index contributed by atoms with van der Waals surface area (Å²) in [6, 6.07) is 16.2. The van der Waals surface area contributed by atoms with Gasteiger partial charge in [-0.2, -0.15) is 5.26 Å². The highest BCUT2D eigenvalue weighted by molar-refractivity contribution is 7.99. The highest BCUT2D eigenvalue weighted by Crippen LogP contribution is 2.31. The van der Waals surface area contributed by atoms with Crippen molar-refractivity contribution in [2.75, 3.05) is 5.73 Å². The smallest absolute Gasteiger partial charge is 0.0670 e. The van der Waals surface area contributed by atoms with E-state index in [1.165, 1.54) is 10.5 Å². The lowest BCUT2D eigenvalue weighted by Crippen LogP contribution is -1.93. The molecule has 0 aliphatic heterocycles. The Bertz CT molecular complexity index is 600. The summed E-state index contributed by atoms with van der Waals surface area (Å²) < 4.78 is 0. The van der Waals surface area contributed by atoms with Gasteiger partial charge in [0, 0.05) is 15.5 Å². The first kappa shape index (κ1) is 12.5. The Balaban J connectivity index is 2.28. The van der Waals surface area contributed by atoms with Gasteiger partial charge in [-0.1, -0.05) is 30.0 Å². The van der Waals surface area contributed by atoms with Crippen LogP contribution in [0.1, 0.15) is 11.1 Å². The first-order chi connectivity index (χ1) is 8.70. The summed E-state index contributed by atoms with van der Waals surface area (Å²) in [5.74, 6) is 0. The fraction of sp³-hybridized carbons (Fsp3) is 0.133. The Labute approximate surface area is 111 Å². The molecule has 2 nitrogen and oxygen atoms in total. The van der Waals surface area contributed by atoms with Crippen LogP contribution in [0.25, 0.3) is 0 Å². The van der Waals surface area contributed by atoms with Gasteiger partial charge in [0.1, 0.15) is 0 Å². The molecular formula is C15H14N2S. The zero-order valence-corrected chi connectivity index (χ0v) is 11.0. The molecule has 2 aromatic rings. The van der Waals surface area contributed by atoms with Crippen molar-refractivity contribution in [2.24, 2.45) is 0 Å². The van der Waals surface area contributed by atoms with Crippen LogP contribution in [0, 0.1) is 18.3 Å². The van der Waals surface area contributed by atoms with Gasteiger partial charge in [0.15, 0.2) is 0 Å². The molecule has 0 unspecified atom stereocenters. The van der Waals surface area contributed by atoms with E-state index in [2.05, 4.69) is 25.1 Å². The number of nitrogen functional groups attached to an aromatic ring is 1. The first-order valence-electron chi connectivity index (χ1n) is 5.69. The molecule has 0 heterocycles. The largest absolute Gasteiger partial charge is 0.398 e. The van der Waals surface area contributed by atoms with Gasteiger partial charge in [-0.25, -0.2) is 0 Å². The van der Waals surface area contributed by atoms with E-state index in [1.807, 2.05) is 30.3 Å². The van der Waals surface area contributed by atoms with Gasteiger partial charge in [0.05, 0.1) is 12.5 Å². The molecule has 0 aromatic heterocycles. The van der Waals surface area contributed by atoms with Crippen LogP contribution in [-0.4, -0.2) is 0 Å². The van der Waals surface area contributed by atoms with Gasteiger partial charge in [0.2, 0.25) is 0 Å². The molecule has 18 heavy (non-hydrogen) atoms. The van der Waals surface area contributed by atoms with Gasteiger partial charge < -0.3 is 5.73 Å². The second-order valence-electron chi connectivity index (χ2n) is 4.06. The summed E-state index contributed by atoms with van der Waals surface area (Å²) in [5.41, 5.74) is 8.67. The summed E-state index contributed by atoms with van der Waals surface area (Å²) in [6.07, 6.45) is 0.355. The molecule has 0 spiro atoms. The zero-order valence-electron chi connectivity index (χ0n) is 10.2. The molecule has 0 radical (unpaired) electrons. The normalized spacial score (nSPS) is 10.0. The van der Waals surface area contributed by atoms with Crippen molar-refractivity contribution in [3.8, 4) is 6.07 Å². The third-order valence-electron chi connectivity index (χ3n) is 2.71. The number of rotatable bonds is 3. The van der Waals surface area contributed by atoms with Crippen molar-refractivity contribution in [1.29, 1.82) is 5.26 Å². The predicted octanol–water partition coefficient (Wildman–Crippen LogP) is 3.79. The molecule has 0 fully saturated rings. The van der Waals surface area contributed by atoms with Gasteiger partial charge in [-0.15, -0.1) is 0 Å². The first-order valence-corrected chi connectivity index (χ1v) is 6.51. The summed E-state index contributed by atoms with van der Waals surface area (Å²) >= 11 is 1.70. The molecule has 0 saturated carbocycles. The fourth-order valence-corrected chi connectivity index (χ4v) is 2.65. The van der Waals surface area contributed by atoms with E-state index in [0.29, 0.717) is 12.1 Å². The van der Waals surface area contributed by atoms with Crippen LogP contribution in [0.15, 0.2) is 52.3 Å². The van der Waals surface area contributed by atoms with Crippen LogP contribution in [0.4, 0.5) is 5.69 Å². The van der Waals surface area contributed by atoms with Gasteiger partial charge in [-0.3, -0.25) is 0 Å². The molecule has 0 aliphatic rings. The van der Waals surface area contributed by atoms with Crippen molar-refractivity contribution in [2.45, 2.75) is 23.1 Å². The Kier molecular flexibility index (Phi) is 3.91. The molecular weight excluding hydrogens is 240 g/mol. The van der Waals surface area contributed by atoms with Crippen LogP contribution < -0.4 is 5.73 Å². The Hall–Kier alpha value is -1.92. The Morgan fingerprint density at radius 2 is 2.00 bits per heavy atom. The summed E-state index contributed by atoms with van der Waals surface area (Å²) in [4.78, 5) is 2.34. The minimum Gasteiger partial charge on any atom is -0.398 e. The molecule has 2 aromatic carbocycles. The standard InChI is InChI=1S/C15H14N2S/c1-11-4-2-3-5-15(11)18-13-6-7-14(17)12(10-13)8-9-16/h2-7,10H,8,17H2,1H3. The summed E-state index contributed by atoms with van der Waals surface area (Å²) in [6.45, 7) is 2.09. The van der Waals surface area contributed by atoms with Crippen LogP contribution in [0.2, 0.25) is 0 Å². The van der Waals surface area contributed by atoms with E-state index < -0.39 is 0 Å². The third-order valence-corrected chi connectivity index (χ3v) is 3.87. The SMILES string of the molecule is Cc1ccccc1Sc1ccc(N)c(CC#N)c1. The quantitative estimate of drug-likeness (QED) is 0.848. The predicted molar refractivity (Wildman–Crippen MR) is 75.5 cm³/mol. The molecule has 0 aliphatic carbocycles. The van der Waals surface area contributed by atoms with Crippen molar-refractivity contribution in [3.05, 3.63) is 53.6 Å². The van der Waals surface area contributed by atoms with Crippen molar-refractivity contribution >= 4 is 17.4 Å². The average molecular weight is 254 g/mol. The second kappa shape index (κ2) is 5.61. The third kappa shape index (κ3) is 2.85. The van der Waals surface area contributed by atoms with E-state index in [4.69, 9.17) is 11.0 Å². The number of anilines is 1. The number of hydrogen-bond donors (Lipinski definition) is 1. The maximum Gasteiger partial charge on any atom is 0.0670 e. The number of benzene rings is 2. The summed E-state index contributed by atoms with van der Waals surface area (Å²) in [5, 5.41) is 8.76. The number of nitrogens with zero attached hydrogens (tertiary/aromatic N) is 1. The molecule has 0 bridgehead atoms. The summed E-state index contributed by atoms with van der Waals surface area (Å²) in [7, 11) is 0. The van der Waals surface area contributed by atoms with Crippen molar-refractivity contribution < 1.29 is 0 Å². The van der Waals surface area contributed by atoms with Crippen LogP contribution in [0.5, 0.6) is 0 Å². The maximum absolute atomic E-state index is 8.76. The highest BCUT2D eigenvalue weighted by Gasteiger charge is 2.04. The number of hydrogen-bond acceptors (Lipinski definition) is 3. The minimum atomic E-state index is 0.355. The number of nitrogens with two attached hydrogens (primary N) is 1. The second-order valence-corrected chi connectivity index (χ2v) is 5.18. The average Bonchev–Trinajstić information content (AvgIpc) is 2.36. The lowest BCUT2D eigenvalue weighted by Gasteiger charge is -2.08. The van der Waals surface area contributed by atoms with Gasteiger partial charge in [-0.05, 0) is 42.3 Å². The Morgan fingerprint density at radius 1 is 1.22 bits per heavy atom. The maximum atomic E-state index is 8.76. The molecule has 2 rings (SSSR count). The van der Waals surface area contributed by atoms with E-state index in [0.717, 1.165) is 10.5 Å². The molecule has 2 N–H and O–H groups in total. The van der Waals surface area contributed by atoms with Gasteiger partial charge in [0.25, 0.3) is 0 Å². The monoisotopic (exact) mass is 254 g/mol. The molecule has 0 atom stereocenters. The number of aryl methyl sites for hydroxylation is 1. The van der Waals surface area contributed by atoms with E-state index >= 15 is 0 Å². The minimum absolute atomic E-state index is 0.355. The fourth-order valence-electron chi connectivity index (χ4n) is 1.68. The molecule has 3 heteroatoms. The lowest BCUT2D eigenvalue weighted by molar-refractivity contribution is 1.23. The molecule has 90 valence electrons. The van der Waals surface area contributed by atoms with E-state index in [9.17, 15) is 0 Å². The highest BCUT2D eigenvalue weighted by atomic mass is 32.2. The zero-order chi connectivity index (χ0) is 13.0. The van der Waals surface area contributed by atoms with Crippen LogP contribution in [0.3, 0.4) is 0 Å².